The lowest BCUT2D eigenvalue weighted by atomic mass is 10.2. The van der Waals surface area contributed by atoms with Crippen LogP contribution in [0.1, 0.15) is 20.3 Å². The lowest BCUT2D eigenvalue weighted by molar-refractivity contribution is -0.117. The summed E-state index contributed by atoms with van der Waals surface area (Å²) in [6, 6.07) is 12.5. The molecule has 2 aromatic rings. The molecule has 0 aliphatic carbocycles. The zero-order valence-electron chi connectivity index (χ0n) is 16.0. The average molecular weight is 385 g/mol. The van der Waals surface area contributed by atoms with Crippen LogP contribution in [0.2, 0.25) is 0 Å². The minimum absolute atomic E-state index is 0.0963. The van der Waals surface area contributed by atoms with Crippen LogP contribution in [0.15, 0.2) is 48.5 Å². The molecule has 0 bridgehead atoms. The number of halogens is 1. The van der Waals surface area contributed by atoms with Crippen LogP contribution in [0.3, 0.4) is 0 Å². The molecule has 1 atom stereocenters. The van der Waals surface area contributed by atoms with Crippen LogP contribution in [-0.4, -0.2) is 37.7 Å². The fourth-order valence-corrected chi connectivity index (χ4v) is 3.26. The van der Waals surface area contributed by atoms with Gasteiger partial charge in [0.05, 0.1) is 12.6 Å². The first-order valence-corrected chi connectivity index (χ1v) is 9.38. The summed E-state index contributed by atoms with van der Waals surface area (Å²) in [6.07, 6.45) is 0.212. The molecule has 7 heteroatoms. The minimum atomic E-state index is -0.353. The molecule has 1 N–H and O–H groups in total. The maximum Gasteiger partial charge on any atom is 0.322 e. The van der Waals surface area contributed by atoms with Gasteiger partial charge in [0.15, 0.2) is 0 Å². The molecule has 6 nitrogen and oxygen atoms in total. The van der Waals surface area contributed by atoms with Crippen molar-refractivity contribution in [3.8, 4) is 5.75 Å². The monoisotopic (exact) mass is 385 g/mol. The Bertz CT molecular complexity index is 824. The van der Waals surface area contributed by atoms with Crippen molar-refractivity contribution in [2.24, 2.45) is 0 Å². The van der Waals surface area contributed by atoms with Crippen molar-refractivity contribution in [3.05, 3.63) is 54.3 Å². The van der Waals surface area contributed by atoms with Gasteiger partial charge in [0, 0.05) is 30.9 Å². The highest BCUT2D eigenvalue weighted by Crippen LogP contribution is 2.23. The van der Waals surface area contributed by atoms with Crippen molar-refractivity contribution in [1.29, 1.82) is 0 Å². The molecule has 0 saturated carbocycles. The molecule has 1 saturated heterocycles. The molecule has 0 spiro atoms. The number of hydrogen-bond donors (Lipinski definition) is 1. The van der Waals surface area contributed by atoms with Crippen LogP contribution >= 0.6 is 0 Å². The van der Waals surface area contributed by atoms with Crippen LogP contribution < -0.4 is 19.9 Å². The Balaban J connectivity index is 1.64. The standard InChI is InChI=1S/C21H24FN3O3/c1-3-24(17-9-11-19(12-10-17)28-4-2)21(27)23-16-13-20(26)25(14-16)18-7-5-15(22)6-8-18/h5-12,16H,3-4,13-14H2,1-2H3,(H,23,27). The van der Waals surface area contributed by atoms with E-state index in [1.165, 1.54) is 12.1 Å². The van der Waals surface area contributed by atoms with E-state index in [0.717, 1.165) is 11.4 Å². The van der Waals surface area contributed by atoms with Crippen LogP contribution in [0.4, 0.5) is 20.6 Å². The first-order valence-electron chi connectivity index (χ1n) is 9.38. The smallest absolute Gasteiger partial charge is 0.322 e. The summed E-state index contributed by atoms with van der Waals surface area (Å²) < 4.78 is 18.5. The van der Waals surface area contributed by atoms with Gasteiger partial charge in [-0.25, -0.2) is 9.18 Å². The second-order valence-corrected chi connectivity index (χ2v) is 6.50. The van der Waals surface area contributed by atoms with Gasteiger partial charge in [-0.2, -0.15) is 0 Å². The van der Waals surface area contributed by atoms with Crippen molar-refractivity contribution >= 4 is 23.3 Å². The molecule has 1 aliphatic rings. The van der Waals surface area contributed by atoms with E-state index < -0.39 is 0 Å². The van der Waals surface area contributed by atoms with Gasteiger partial charge in [0.1, 0.15) is 11.6 Å². The average Bonchev–Trinajstić information content (AvgIpc) is 3.04. The van der Waals surface area contributed by atoms with E-state index in [0.29, 0.717) is 25.4 Å². The normalized spacial score (nSPS) is 16.2. The van der Waals surface area contributed by atoms with Crippen LogP contribution in [-0.2, 0) is 4.79 Å². The highest BCUT2D eigenvalue weighted by molar-refractivity contribution is 5.98. The zero-order chi connectivity index (χ0) is 20.1. The van der Waals surface area contributed by atoms with E-state index in [2.05, 4.69) is 5.32 Å². The fraction of sp³-hybridized carbons (Fsp3) is 0.333. The maximum atomic E-state index is 13.1. The van der Waals surface area contributed by atoms with E-state index in [1.807, 2.05) is 38.1 Å². The van der Waals surface area contributed by atoms with Crippen LogP contribution in [0, 0.1) is 5.82 Å². The summed E-state index contributed by atoms with van der Waals surface area (Å²) in [4.78, 5) is 28.2. The number of amides is 3. The van der Waals surface area contributed by atoms with Gasteiger partial charge in [-0.3, -0.25) is 9.69 Å². The van der Waals surface area contributed by atoms with Crippen molar-refractivity contribution in [2.45, 2.75) is 26.3 Å². The van der Waals surface area contributed by atoms with Crippen molar-refractivity contribution in [3.63, 3.8) is 0 Å². The van der Waals surface area contributed by atoms with Gasteiger partial charge >= 0.3 is 6.03 Å². The van der Waals surface area contributed by atoms with Gasteiger partial charge in [-0.1, -0.05) is 0 Å². The highest BCUT2D eigenvalue weighted by atomic mass is 19.1. The van der Waals surface area contributed by atoms with E-state index >= 15 is 0 Å². The molecule has 148 valence electrons. The molecular weight excluding hydrogens is 361 g/mol. The summed E-state index contributed by atoms with van der Waals surface area (Å²) in [7, 11) is 0. The third-order valence-corrected chi connectivity index (χ3v) is 4.61. The number of rotatable bonds is 6. The Labute approximate surface area is 163 Å². The second-order valence-electron chi connectivity index (χ2n) is 6.50. The van der Waals surface area contributed by atoms with Gasteiger partial charge in [-0.05, 0) is 62.4 Å². The zero-order valence-corrected chi connectivity index (χ0v) is 16.0. The lowest BCUT2D eigenvalue weighted by Crippen LogP contribution is -2.46. The van der Waals surface area contributed by atoms with E-state index in [-0.39, 0.29) is 30.2 Å². The fourth-order valence-electron chi connectivity index (χ4n) is 3.26. The SMILES string of the molecule is CCOc1ccc(N(CC)C(=O)NC2CC(=O)N(c3ccc(F)cc3)C2)cc1. The predicted molar refractivity (Wildman–Crippen MR) is 106 cm³/mol. The van der Waals surface area contributed by atoms with E-state index in [1.54, 1.807) is 21.9 Å². The quantitative estimate of drug-likeness (QED) is 0.827. The minimum Gasteiger partial charge on any atom is -0.494 e. The van der Waals surface area contributed by atoms with E-state index in [9.17, 15) is 14.0 Å². The first-order chi connectivity index (χ1) is 13.5. The third-order valence-electron chi connectivity index (χ3n) is 4.61. The van der Waals surface area contributed by atoms with Gasteiger partial charge in [-0.15, -0.1) is 0 Å². The summed E-state index contributed by atoms with van der Waals surface area (Å²) in [5.74, 6) is 0.300. The molecule has 28 heavy (non-hydrogen) atoms. The Morgan fingerprint density at radius 1 is 1.18 bits per heavy atom. The Kier molecular flexibility index (Phi) is 6.13. The predicted octanol–water partition coefficient (Wildman–Crippen LogP) is 3.57. The number of benzene rings is 2. The Morgan fingerprint density at radius 2 is 1.86 bits per heavy atom. The molecule has 2 aromatic carbocycles. The molecule has 1 fully saturated rings. The second kappa shape index (κ2) is 8.73. The number of carbonyl (C=O) groups is 2. The van der Waals surface area contributed by atoms with Gasteiger partial charge in [0.25, 0.3) is 0 Å². The van der Waals surface area contributed by atoms with Gasteiger partial charge in [0.2, 0.25) is 5.91 Å². The molecule has 0 radical (unpaired) electrons. The topological polar surface area (TPSA) is 61.9 Å². The van der Waals surface area contributed by atoms with Crippen LogP contribution in [0.5, 0.6) is 5.75 Å². The molecule has 3 amide bonds. The maximum absolute atomic E-state index is 13.1. The number of urea groups is 1. The summed E-state index contributed by atoms with van der Waals surface area (Å²) in [5.41, 5.74) is 1.38. The highest BCUT2D eigenvalue weighted by Gasteiger charge is 2.32. The van der Waals surface area contributed by atoms with Crippen molar-refractivity contribution in [2.75, 3.05) is 29.5 Å². The summed E-state index contributed by atoms with van der Waals surface area (Å²) in [5, 5.41) is 2.93. The number of carbonyl (C=O) groups excluding carboxylic acids is 2. The molecule has 0 aromatic heterocycles. The van der Waals surface area contributed by atoms with Crippen LogP contribution in [0.25, 0.3) is 0 Å². The molecule has 3 rings (SSSR count). The largest absolute Gasteiger partial charge is 0.494 e. The Morgan fingerprint density at radius 3 is 2.46 bits per heavy atom. The van der Waals surface area contributed by atoms with Crippen molar-refractivity contribution in [1.82, 2.24) is 5.32 Å². The number of nitrogens with zero attached hydrogens (tertiary/aromatic N) is 2. The number of ether oxygens (including phenoxy) is 1. The molecule has 1 unspecified atom stereocenters. The summed E-state index contributed by atoms with van der Waals surface area (Å²) in [6.45, 7) is 5.23. The molecule has 1 aliphatic heterocycles. The summed E-state index contributed by atoms with van der Waals surface area (Å²) >= 11 is 0. The Hall–Kier alpha value is -3.09. The first kappa shape index (κ1) is 19.7. The van der Waals surface area contributed by atoms with Crippen molar-refractivity contribution < 1.29 is 18.7 Å². The number of nitrogens with one attached hydrogen (secondary N) is 1. The number of anilines is 2. The molecule has 1 heterocycles. The number of hydrogen-bond acceptors (Lipinski definition) is 3. The lowest BCUT2D eigenvalue weighted by Gasteiger charge is -2.24. The van der Waals surface area contributed by atoms with Gasteiger partial charge < -0.3 is 15.0 Å². The van der Waals surface area contributed by atoms with E-state index in [4.69, 9.17) is 4.74 Å². The third kappa shape index (κ3) is 4.42. The molecular formula is C21H24FN3O3.